The van der Waals surface area contributed by atoms with Crippen LogP contribution in [0.1, 0.15) is 18.4 Å². The van der Waals surface area contributed by atoms with Gasteiger partial charge in [0.2, 0.25) is 0 Å². The van der Waals surface area contributed by atoms with Crippen LogP contribution in [0.5, 0.6) is 11.5 Å². The van der Waals surface area contributed by atoms with Gasteiger partial charge < -0.3 is 25.0 Å². The Kier molecular flexibility index (Phi) is 6.35. The summed E-state index contributed by atoms with van der Waals surface area (Å²) in [5, 5.41) is 6.61. The van der Waals surface area contributed by atoms with Crippen LogP contribution >= 0.6 is 0 Å². The SMILES string of the molecule is CN=C(NCc1ccnc(N2CCCC2)c1)Nc1ccc(OC)c(OC)c1. The second-order valence-electron chi connectivity index (χ2n) is 6.34. The fraction of sp³-hybridized carbons (Fsp3) is 0.400. The number of nitrogens with one attached hydrogen (secondary N) is 2. The molecule has 2 heterocycles. The monoisotopic (exact) mass is 369 g/mol. The molecule has 7 heteroatoms. The van der Waals surface area contributed by atoms with Gasteiger partial charge in [-0.05, 0) is 42.7 Å². The zero-order valence-corrected chi connectivity index (χ0v) is 16.2. The Morgan fingerprint density at radius 3 is 2.59 bits per heavy atom. The summed E-state index contributed by atoms with van der Waals surface area (Å²) >= 11 is 0. The van der Waals surface area contributed by atoms with Crippen molar-refractivity contribution in [2.24, 2.45) is 4.99 Å². The first kappa shape index (κ1) is 18.8. The molecule has 0 aliphatic carbocycles. The number of aliphatic imine (C=N–C) groups is 1. The quantitative estimate of drug-likeness (QED) is 0.603. The van der Waals surface area contributed by atoms with E-state index in [-0.39, 0.29) is 0 Å². The number of hydrogen-bond acceptors (Lipinski definition) is 5. The van der Waals surface area contributed by atoms with Crippen LogP contribution in [0.15, 0.2) is 41.5 Å². The summed E-state index contributed by atoms with van der Waals surface area (Å²) in [6.07, 6.45) is 4.35. The number of benzene rings is 1. The highest BCUT2D eigenvalue weighted by Gasteiger charge is 2.13. The van der Waals surface area contributed by atoms with Crippen molar-refractivity contribution in [3.8, 4) is 11.5 Å². The molecule has 0 radical (unpaired) electrons. The highest BCUT2D eigenvalue weighted by atomic mass is 16.5. The van der Waals surface area contributed by atoms with E-state index in [1.54, 1.807) is 21.3 Å². The molecule has 1 aliphatic rings. The molecule has 1 fully saturated rings. The minimum Gasteiger partial charge on any atom is -0.493 e. The topological polar surface area (TPSA) is 71.0 Å². The number of rotatable bonds is 6. The summed E-state index contributed by atoms with van der Waals surface area (Å²) in [7, 11) is 4.99. The smallest absolute Gasteiger partial charge is 0.195 e. The van der Waals surface area contributed by atoms with Crippen LogP contribution in [-0.4, -0.2) is 45.3 Å². The summed E-state index contributed by atoms with van der Waals surface area (Å²) in [5.41, 5.74) is 2.04. The molecule has 2 aromatic rings. The molecular formula is C20H27N5O2. The highest BCUT2D eigenvalue weighted by Crippen LogP contribution is 2.29. The van der Waals surface area contributed by atoms with Gasteiger partial charge in [0.15, 0.2) is 17.5 Å². The lowest BCUT2D eigenvalue weighted by Crippen LogP contribution is -2.30. The first-order valence-corrected chi connectivity index (χ1v) is 9.13. The van der Waals surface area contributed by atoms with Gasteiger partial charge >= 0.3 is 0 Å². The molecule has 0 bridgehead atoms. The average Bonchev–Trinajstić information content (AvgIpc) is 3.26. The Labute approximate surface area is 160 Å². The first-order chi connectivity index (χ1) is 13.2. The largest absolute Gasteiger partial charge is 0.493 e. The van der Waals surface area contributed by atoms with Crippen LogP contribution in [0, 0.1) is 0 Å². The summed E-state index contributed by atoms with van der Waals surface area (Å²) < 4.78 is 10.6. The number of hydrogen-bond donors (Lipinski definition) is 2. The zero-order chi connectivity index (χ0) is 19.1. The third-order valence-electron chi connectivity index (χ3n) is 4.57. The molecule has 0 spiro atoms. The molecule has 0 saturated carbocycles. The molecule has 0 amide bonds. The normalized spacial score (nSPS) is 14.2. The van der Waals surface area contributed by atoms with Crippen molar-refractivity contribution in [1.29, 1.82) is 0 Å². The number of guanidine groups is 1. The van der Waals surface area contributed by atoms with Crippen molar-refractivity contribution in [2.45, 2.75) is 19.4 Å². The van der Waals surface area contributed by atoms with Crippen LogP contribution < -0.4 is 25.0 Å². The predicted octanol–water partition coefficient (Wildman–Crippen LogP) is 2.89. The third-order valence-corrected chi connectivity index (χ3v) is 4.57. The van der Waals surface area contributed by atoms with Crippen molar-refractivity contribution in [3.63, 3.8) is 0 Å². The van der Waals surface area contributed by atoms with Crippen LogP contribution in [0.25, 0.3) is 0 Å². The van der Waals surface area contributed by atoms with Crippen LogP contribution in [0.4, 0.5) is 11.5 Å². The van der Waals surface area contributed by atoms with Crippen molar-refractivity contribution in [1.82, 2.24) is 10.3 Å². The highest BCUT2D eigenvalue weighted by molar-refractivity contribution is 5.93. The van der Waals surface area contributed by atoms with Gasteiger partial charge in [-0.3, -0.25) is 4.99 Å². The van der Waals surface area contributed by atoms with Crippen molar-refractivity contribution < 1.29 is 9.47 Å². The molecule has 144 valence electrons. The fourth-order valence-electron chi connectivity index (χ4n) is 3.11. The van der Waals surface area contributed by atoms with Gasteiger partial charge in [0, 0.05) is 44.6 Å². The molecular weight excluding hydrogens is 342 g/mol. The van der Waals surface area contributed by atoms with Crippen molar-refractivity contribution in [2.75, 3.05) is 44.6 Å². The molecule has 7 nitrogen and oxygen atoms in total. The second kappa shape index (κ2) is 9.12. The van der Waals surface area contributed by atoms with Gasteiger partial charge in [0.25, 0.3) is 0 Å². The number of ether oxygens (including phenoxy) is 2. The number of nitrogens with zero attached hydrogens (tertiary/aromatic N) is 3. The standard InChI is InChI=1S/C20H27N5O2/c1-21-20(24-16-6-7-17(26-2)18(13-16)27-3)23-14-15-8-9-22-19(12-15)25-10-4-5-11-25/h6-9,12-13H,4-5,10-11,14H2,1-3H3,(H2,21,23,24). The average molecular weight is 369 g/mol. The van der Waals surface area contributed by atoms with E-state index in [1.165, 1.54) is 18.4 Å². The fourth-order valence-corrected chi connectivity index (χ4v) is 3.11. The Hall–Kier alpha value is -2.96. The van der Waals surface area contributed by atoms with Gasteiger partial charge in [-0.2, -0.15) is 0 Å². The molecule has 0 unspecified atom stereocenters. The van der Waals surface area contributed by atoms with Gasteiger partial charge in [0.1, 0.15) is 5.82 Å². The van der Waals surface area contributed by atoms with Gasteiger partial charge in [-0.15, -0.1) is 0 Å². The Balaban J connectivity index is 1.62. The Morgan fingerprint density at radius 2 is 1.89 bits per heavy atom. The Morgan fingerprint density at radius 1 is 1.11 bits per heavy atom. The summed E-state index contributed by atoms with van der Waals surface area (Å²) in [5.74, 6) is 3.09. The lowest BCUT2D eigenvalue weighted by molar-refractivity contribution is 0.355. The molecule has 1 saturated heterocycles. The van der Waals surface area contributed by atoms with Gasteiger partial charge in [-0.1, -0.05) is 0 Å². The maximum absolute atomic E-state index is 5.35. The van der Waals surface area contributed by atoms with E-state index in [9.17, 15) is 0 Å². The van der Waals surface area contributed by atoms with E-state index in [0.29, 0.717) is 24.0 Å². The van der Waals surface area contributed by atoms with E-state index in [0.717, 1.165) is 24.6 Å². The number of aromatic nitrogens is 1. The van der Waals surface area contributed by atoms with E-state index < -0.39 is 0 Å². The molecule has 2 N–H and O–H groups in total. The molecule has 3 rings (SSSR count). The molecule has 27 heavy (non-hydrogen) atoms. The molecule has 1 aromatic heterocycles. The van der Waals surface area contributed by atoms with Crippen LogP contribution in [0.3, 0.4) is 0 Å². The van der Waals surface area contributed by atoms with E-state index in [2.05, 4.69) is 31.6 Å². The third kappa shape index (κ3) is 4.81. The summed E-state index contributed by atoms with van der Waals surface area (Å²) in [4.78, 5) is 11.1. The number of pyridine rings is 1. The number of methoxy groups -OCH3 is 2. The maximum Gasteiger partial charge on any atom is 0.195 e. The van der Waals surface area contributed by atoms with Crippen LogP contribution in [0.2, 0.25) is 0 Å². The van der Waals surface area contributed by atoms with Crippen molar-refractivity contribution >= 4 is 17.5 Å². The second-order valence-corrected chi connectivity index (χ2v) is 6.34. The molecule has 1 aromatic carbocycles. The number of anilines is 2. The lowest BCUT2D eigenvalue weighted by atomic mass is 10.2. The zero-order valence-electron chi connectivity index (χ0n) is 16.2. The molecule has 0 atom stereocenters. The summed E-state index contributed by atoms with van der Waals surface area (Å²) in [6.45, 7) is 2.84. The lowest BCUT2D eigenvalue weighted by Gasteiger charge is -2.17. The molecule has 1 aliphatic heterocycles. The minimum absolute atomic E-state index is 0.663. The van der Waals surface area contributed by atoms with Crippen molar-refractivity contribution in [3.05, 3.63) is 42.1 Å². The van der Waals surface area contributed by atoms with Gasteiger partial charge in [0.05, 0.1) is 14.2 Å². The summed E-state index contributed by atoms with van der Waals surface area (Å²) in [6, 6.07) is 9.83. The predicted molar refractivity (Wildman–Crippen MR) is 109 cm³/mol. The van der Waals surface area contributed by atoms with E-state index in [1.807, 2.05) is 30.5 Å². The van der Waals surface area contributed by atoms with E-state index >= 15 is 0 Å². The van der Waals surface area contributed by atoms with Gasteiger partial charge in [-0.25, -0.2) is 4.98 Å². The first-order valence-electron chi connectivity index (χ1n) is 9.13. The maximum atomic E-state index is 5.35. The Bertz CT molecular complexity index is 788. The minimum atomic E-state index is 0.663. The van der Waals surface area contributed by atoms with E-state index in [4.69, 9.17) is 9.47 Å². The van der Waals surface area contributed by atoms with Crippen LogP contribution in [-0.2, 0) is 6.54 Å².